The van der Waals surface area contributed by atoms with Gasteiger partial charge in [-0.05, 0) is 48.5 Å². The largest absolute Gasteiger partial charge is 0.497 e. The highest BCUT2D eigenvalue weighted by Crippen LogP contribution is 2.27. The number of anilines is 1. The molecule has 0 atom stereocenters. The number of nitrogens with zero attached hydrogens (tertiary/aromatic N) is 3. The van der Waals surface area contributed by atoms with Crippen LogP contribution >= 0.6 is 11.6 Å². The molecule has 1 fully saturated rings. The number of halogens is 1. The number of methoxy groups -OCH3 is 1. The second kappa shape index (κ2) is 7.94. The first-order valence-corrected chi connectivity index (χ1v) is 9.36. The molecular formula is C21H21ClN4O. The van der Waals surface area contributed by atoms with Crippen LogP contribution < -0.4 is 15.0 Å². The van der Waals surface area contributed by atoms with Gasteiger partial charge in [0, 0.05) is 49.1 Å². The number of aromatic nitrogens is 2. The van der Waals surface area contributed by atoms with Crippen molar-refractivity contribution >= 4 is 17.3 Å². The molecule has 6 heteroatoms. The summed E-state index contributed by atoms with van der Waals surface area (Å²) in [5.74, 6) is 1.43. The van der Waals surface area contributed by atoms with Crippen LogP contribution in [0.3, 0.4) is 0 Å². The van der Waals surface area contributed by atoms with Gasteiger partial charge in [-0.1, -0.05) is 11.6 Å². The van der Waals surface area contributed by atoms with Crippen LogP contribution in [0.25, 0.3) is 22.6 Å². The molecule has 2 aromatic carbocycles. The number of rotatable bonds is 4. The molecule has 138 valence electrons. The molecule has 1 aromatic heterocycles. The molecule has 4 rings (SSSR count). The van der Waals surface area contributed by atoms with Crippen LogP contribution in [0.5, 0.6) is 5.75 Å². The van der Waals surface area contributed by atoms with E-state index in [0.717, 1.165) is 48.7 Å². The number of hydrogen-bond acceptors (Lipinski definition) is 5. The quantitative estimate of drug-likeness (QED) is 0.696. The molecule has 5 nitrogen and oxygen atoms in total. The molecule has 0 saturated carbocycles. The van der Waals surface area contributed by atoms with Crippen molar-refractivity contribution in [2.75, 3.05) is 38.2 Å². The maximum absolute atomic E-state index is 6.27. The highest BCUT2D eigenvalue weighted by atomic mass is 35.5. The summed E-state index contributed by atoms with van der Waals surface area (Å²) in [6, 6.07) is 17.9. The third-order valence-corrected chi connectivity index (χ3v) is 4.88. The van der Waals surface area contributed by atoms with Crippen molar-refractivity contribution in [2.45, 2.75) is 0 Å². The average Bonchev–Trinajstić information content (AvgIpc) is 2.74. The van der Waals surface area contributed by atoms with E-state index in [0.29, 0.717) is 11.0 Å². The summed E-state index contributed by atoms with van der Waals surface area (Å²) in [4.78, 5) is 11.5. The van der Waals surface area contributed by atoms with Crippen LogP contribution in [-0.4, -0.2) is 43.3 Å². The zero-order valence-electron chi connectivity index (χ0n) is 15.2. The van der Waals surface area contributed by atoms with E-state index in [1.807, 2.05) is 24.3 Å². The summed E-state index contributed by atoms with van der Waals surface area (Å²) in [5, 5.41) is 3.80. The predicted molar refractivity (Wildman–Crippen MR) is 110 cm³/mol. The second-order valence-corrected chi connectivity index (χ2v) is 6.80. The van der Waals surface area contributed by atoms with Crippen LogP contribution in [0.4, 0.5) is 5.69 Å². The highest BCUT2D eigenvalue weighted by molar-refractivity contribution is 6.29. The minimum absolute atomic E-state index is 0.428. The number of hydrogen-bond donors (Lipinski definition) is 1. The van der Waals surface area contributed by atoms with Gasteiger partial charge in [-0.15, -0.1) is 0 Å². The van der Waals surface area contributed by atoms with Gasteiger partial charge in [0.15, 0.2) is 5.82 Å². The van der Waals surface area contributed by atoms with E-state index in [-0.39, 0.29) is 0 Å². The SMILES string of the molecule is COc1ccc(-c2cc(Cl)nc(-c3ccc(N4CCNCC4)cc3)n2)cc1. The molecule has 1 aliphatic heterocycles. The monoisotopic (exact) mass is 380 g/mol. The van der Waals surface area contributed by atoms with Crippen LogP contribution in [0.1, 0.15) is 0 Å². The fourth-order valence-corrected chi connectivity index (χ4v) is 3.38. The molecule has 1 saturated heterocycles. The summed E-state index contributed by atoms with van der Waals surface area (Å²) in [5.41, 5.74) is 3.93. The highest BCUT2D eigenvalue weighted by Gasteiger charge is 2.12. The van der Waals surface area contributed by atoms with Crippen LogP contribution in [-0.2, 0) is 0 Å². The molecule has 27 heavy (non-hydrogen) atoms. The molecule has 2 heterocycles. The molecule has 1 aliphatic rings. The molecular weight excluding hydrogens is 360 g/mol. The summed E-state index contributed by atoms with van der Waals surface area (Å²) in [7, 11) is 1.65. The van der Waals surface area contributed by atoms with Crippen LogP contribution in [0, 0.1) is 0 Å². The van der Waals surface area contributed by atoms with E-state index in [9.17, 15) is 0 Å². The van der Waals surface area contributed by atoms with Crippen molar-refractivity contribution in [3.05, 3.63) is 59.8 Å². The van der Waals surface area contributed by atoms with Gasteiger partial charge in [0.05, 0.1) is 12.8 Å². The zero-order valence-corrected chi connectivity index (χ0v) is 15.9. The Morgan fingerprint density at radius 1 is 0.926 bits per heavy atom. The van der Waals surface area contributed by atoms with Gasteiger partial charge >= 0.3 is 0 Å². The normalized spacial score (nSPS) is 14.2. The smallest absolute Gasteiger partial charge is 0.161 e. The number of piperazine rings is 1. The lowest BCUT2D eigenvalue weighted by molar-refractivity contribution is 0.415. The first kappa shape index (κ1) is 17.8. The molecule has 0 aliphatic carbocycles. The van der Waals surface area contributed by atoms with Gasteiger partial charge in [-0.25, -0.2) is 9.97 Å². The molecule has 0 radical (unpaired) electrons. The van der Waals surface area contributed by atoms with Crippen molar-refractivity contribution in [1.82, 2.24) is 15.3 Å². The lowest BCUT2D eigenvalue weighted by Crippen LogP contribution is -2.43. The van der Waals surface area contributed by atoms with Gasteiger partial charge < -0.3 is 15.0 Å². The Hall–Kier alpha value is -2.63. The van der Waals surface area contributed by atoms with E-state index in [4.69, 9.17) is 21.3 Å². The van der Waals surface area contributed by atoms with Gasteiger partial charge in [0.25, 0.3) is 0 Å². The molecule has 0 amide bonds. The minimum Gasteiger partial charge on any atom is -0.497 e. The van der Waals surface area contributed by atoms with E-state index in [1.165, 1.54) is 5.69 Å². The van der Waals surface area contributed by atoms with Crippen molar-refractivity contribution in [3.63, 3.8) is 0 Å². The third-order valence-electron chi connectivity index (χ3n) is 4.69. The first-order chi connectivity index (χ1) is 13.2. The molecule has 1 N–H and O–H groups in total. The fourth-order valence-electron chi connectivity index (χ4n) is 3.20. The van der Waals surface area contributed by atoms with Crippen molar-refractivity contribution in [1.29, 1.82) is 0 Å². The van der Waals surface area contributed by atoms with Crippen LogP contribution in [0.15, 0.2) is 54.6 Å². The van der Waals surface area contributed by atoms with Crippen molar-refractivity contribution < 1.29 is 4.74 Å². The van der Waals surface area contributed by atoms with E-state index in [1.54, 1.807) is 13.2 Å². The van der Waals surface area contributed by atoms with Gasteiger partial charge in [0.1, 0.15) is 10.9 Å². The average molecular weight is 381 g/mol. The Morgan fingerprint density at radius 2 is 1.59 bits per heavy atom. The van der Waals surface area contributed by atoms with E-state index >= 15 is 0 Å². The Balaban J connectivity index is 1.62. The summed E-state index contributed by atoms with van der Waals surface area (Å²) < 4.78 is 5.22. The maximum Gasteiger partial charge on any atom is 0.161 e. The molecule has 3 aromatic rings. The second-order valence-electron chi connectivity index (χ2n) is 6.41. The number of ether oxygens (including phenoxy) is 1. The van der Waals surface area contributed by atoms with Crippen LogP contribution in [0.2, 0.25) is 5.15 Å². The summed E-state index contributed by atoms with van der Waals surface area (Å²) >= 11 is 6.27. The van der Waals surface area contributed by atoms with Crippen molar-refractivity contribution in [3.8, 4) is 28.4 Å². The summed E-state index contributed by atoms with van der Waals surface area (Å²) in [6.45, 7) is 4.08. The Kier molecular flexibility index (Phi) is 5.23. The number of benzene rings is 2. The fraction of sp³-hybridized carbons (Fsp3) is 0.238. The topological polar surface area (TPSA) is 50.3 Å². The van der Waals surface area contributed by atoms with E-state index < -0.39 is 0 Å². The van der Waals surface area contributed by atoms with E-state index in [2.05, 4.69) is 39.5 Å². The lowest BCUT2D eigenvalue weighted by Gasteiger charge is -2.29. The predicted octanol–water partition coefficient (Wildman–Crippen LogP) is 3.88. The standard InChI is InChI=1S/C21H21ClN4O/c1-27-18-8-4-15(5-9-18)19-14-20(22)25-21(24-19)16-2-6-17(7-3-16)26-12-10-23-11-13-26/h2-9,14,23H,10-13H2,1H3. The Labute approximate surface area is 164 Å². The maximum atomic E-state index is 6.27. The minimum atomic E-state index is 0.428. The first-order valence-electron chi connectivity index (χ1n) is 8.98. The molecule has 0 spiro atoms. The van der Waals surface area contributed by atoms with Gasteiger partial charge in [0.2, 0.25) is 0 Å². The summed E-state index contributed by atoms with van der Waals surface area (Å²) in [6.07, 6.45) is 0. The molecule has 0 unspecified atom stereocenters. The van der Waals surface area contributed by atoms with Gasteiger partial charge in [-0.2, -0.15) is 0 Å². The Bertz CT molecular complexity index is 906. The van der Waals surface area contributed by atoms with Crippen molar-refractivity contribution in [2.24, 2.45) is 0 Å². The number of nitrogens with one attached hydrogen (secondary N) is 1. The Morgan fingerprint density at radius 3 is 2.26 bits per heavy atom. The zero-order chi connectivity index (χ0) is 18.6. The lowest BCUT2D eigenvalue weighted by atomic mass is 10.1. The van der Waals surface area contributed by atoms with Gasteiger partial charge in [-0.3, -0.25) is 0 Å². The molecule has 0 bridgehead atoms. The third kappa shape index (κ3) is 4.04.